The molecule has 0 aliphatic carbocycles. The number of benzene rings is 5. The minimum atomic E-state index is -4.67. The molecule has 0 aromatic heterocycles. The van der Waals surface area contributed by atoms with Gasteiger partial charge in [-0.25, -0.2) is 4.79 Å². The van der Waals surface area contributed by atoms with Crippen LogP contribution in [-0.2, 0) is 20.7 Å². The topological polar surface area (TPSA) is 146 Å². The highest BCUT2D eigenvalue weighted by Gasteiger charge is 2.51. The molecule has 0 fully saturated rings. The lowest BCUT2D eigenvalue weighted by molar-refractivity contribution is 0.0239. The van der Waals surface area contributed by atoms with Crippen LogP contribution in [0.1, 0.15) is 45.1 Å². The Labute approximate surface area is 279 Å². The third kappa shape index (κ3) is 6.98. The molecule has 1 unspecified atom stereocenters. The van der Waals surface area contributed by atoms with Gasteiger partial charge in [-0.3, -0.25) is 9.11 Å². The largest absolute Gasteiger partial charge is 0.507 e. The van der Waals surface area contributed by atoms with Crippen molar-refractivity contribution in [1.29, 1.82) is 0 Å². The number of carbonyl (C=O) groups excluding carboxylic acids is 1. The molecule has 0 bridgehead atoms. The predicted octanol–water partition coefficient (Wildman–Crippen LogP) is 7.73. The predicted molar refractivity (Wildman–Crippen MR) is 185 cm³/mol. The minimum Gasteiger partial charge on any atom is -0.507 e. The molecule has 0 spiro atoms. The van der Waals surface area contributed by atoms with E-state index in [1.54, 1.807) is 19.2 Å². The van der Waals surface area contributed by atoms with Crippen molar-refractivity contribution in [3.63, 3.8) is 0 Å². The van der Waals surface area contributed by atoms with Crippen molar-refractivity contribution in [3.05, 3.63) is 143 Å². The van der Waals surface area contributed by atoms with Gasteiger partial charge < -0.3 is 24.8 Å². The van der Waals surface area contributed by atoms with Gasteiger partial charge in [0.1, 0.15) is 11.5 Å². The molecule has 4 N–H and O–H groups in total. The summed E-state index contributed by atoms with van der Waals surface area (Å²) in [4.78, 5) is 15.6. The lowest BCUT2D eigenvalue weighted by Gasteiger charge is -2.33. The summed E-state index contributed by atoms with van der Waals surface area (Å²) in [6.45, 7) is 6.82. The van der Waals surface area contributed by atoms with Gasteiger partial charge in [0.05, 0.1) is 12.7 Å². The zero-order valence-electron chi connectivity index (χ0n) is 26.8. The number of para-hydroxylation sites is 1. The smallest absolute Gasteiger partial charge is 0.394 e. The molecule has 48 heavy (non-hydrogen) atoms. The van der Waals surface area contributed by atoms with Gasteiger partial charge in [-0.1, -0.05) is 54.1 Å². The molecule has 0 saturated heterocycles. The van der Waals surface area contributed by atoms with Crippen LogP contribution in [0.3, 0.4) is 0 Å². The highest BCUT2D eigenvalue weighted by Crippen LogP contribution is 2.53. The number of aryl methyl sites for hydroxylation is 2. The second-order valence-corrected chi connectivity index (χ2v) is 12.1. The number of nitrogens with one attached hydrogen (secondary N) is 1. The Morgan fingerprint density at radius 2 is 1.44 bits per heavy atom. The normalized spacial score (nSPS) is 15.1. The highest BCUT2D eigenvalue weighted by molar-refractivity contribution is 7.79. The summed E-state index contributed by atoms with van der Waals surface area (Å²) in [6, 6.07) is 34.9. The molecule has 1 aliphatic rings. The van der Waals surface area contributed by atoms with E-state index in [9.17, 15) is 9.90 Å². The van der Waals surface area contributed by atoms with Crippen LogP contribution in [0.4, 0.5) is 22.7 Å². The molecule has 0 radical (unpaired) electrons. The van der Waals surface area contributed by atoms with Crippen molar-refractivity contribution in [3.8, 4) is 11.5 Å². The van der Waals surface area contributed by atoms with E-state index in [1.165, 1.54) is 5.56 Å². The fourth-order valence-corrected chi connectivity index (χ4v) is 5.92. The maximum atomic E-state index is 13.4. The molecule has 1 aliphatic heterocycles. The molecule has 5 aromatic rings. The summed E-state index contributed by atoms with van der Waals surface area (Å²) in [5, 5.41) is 15.3. The van der Waals surface area contributed by atoms with E-state index in [-0.39, 0.29) is 5.75 Å². The van der Waals surface area contributed by atoms with Crippen LogP contribution in [0.5, 0.6) is 11.5 Å². The number of methoxy groups -OCH3 is 1. The summed E-state index contributed by atoms with van der Waals surface area (Å²) < 4.78 is 43.9. The number of hydrogen-bond acceptors (Lipinski definition) is 8. The van der Waals surface area contributed by atoms with Crippen molar-refractivity contribution in [2.24, 2.45) is 0 Å². The standard InChI is InChI=1S/C37H34N2O4.H2O4S/c1-5-39(27-17-15-24(2)16-18-27)28-19-20-31(34(40)22-28)37(30-14-10-9-13-29(30)36(41)43-37)32-23-33(25(3)21-35(32)42-4)38-26-11-7-6-8-12-26;1-5(2,3)4/h6-23,38,40H,5H2,1-4H3;(H2,1,2,3,4). The van der Waals surface area contributed by atoms with Crippen LogP contribution in [0.25, 0.3) is 0 Å². The quantitative estimate of drug-likeness (QED) is 0.0957. The number of esters is 1. The van der Waals surface area contributed by atoms with Gasteiger partial charge in [0.25, 0.3) is 0 Å². The van der Waals surface area contributed by atoms with Crippen LogP contribution in [0.15, 0.2) is 109 Å². The van der Waals surface area contributed by atoms with Gasteiger partial charge in [-0.05, 0) is 80.9 Å². The second-order valence-electron chi connectivity index (χ2n) is 11.2. The first-order chi connectivity index (χ1) is 22.8. The lowest BCUT2D eigenvalue weighted by atomic mass is 9.78. The Bertz CT molecular complexity index is 2040. The van der Waals surface area contributed by atoms with E-state index >= 15 is 0 Å². The van der Waals surface area contributed by atoms with Crippen molar-refractivity contribution < 1.29 is 36.9 Å². The van der Waals surface area contributed by atoms with Crippen LogP contribution in [-0.4, -0.2) is 42.3 Å². The molecule has 10 nitrogen and oxygen atoms in total. The van der Waals surface area contributed by atoms with E-state index in [2.05, 4.69) is 48.3 Å². The Hall–Kier alpha value is -5.36. The van der Waals surface area contributed by atoms with Gasteiger partial charge in [-0.2, -0.15) is 8.42 Å². The van der Waals surface area contributed by atoms with E-state index < -0.39 is 22.0 Å². The molecule has 0 amide bonds. The summed E-state index contributed by atoms with van der Waals surface area (Å²) in [5.41, 5.74) is 6.40. The third-order valence-corrected chi connectivity index (χ3v) is 8.08. The first-order valence-electron chi connectivity index (χ1n) is 15.1. The number of rotatable bonds is 8. The molecule has 6 rings (SSSR count). The maximum absolute atomic E-state index is 13.4. The zero-order chi connectivity index (χ0) is 34.6. The van der Waals surface area contributed by atoms with Crippen LogP contribution < -0.4 is 15.0 Å². The Balaban J connectivity index is 0.000000840. The fourth-order valence-electron chi connectivity index (χ4n) is 5.92. The molecule has 5 aromatic carbocycles. The number of phenols is 1. The third-order valence-electron chi connectivity index (χ3n) is 8.08. The number of fused-ring (bicyclic) bond motifs is 1. The number of hydrogen-bond donors (Lipinski definition) is 4. The summed E-state index contributed by atoms with van der Waals surface area (Å²) in [6.07, 6.45) is 0. The molecule has 0 saturated carbocycles. The number of anilines is 4. The van der Waals surface area contributed by atoms with Gasteiger partial charge in [0, 0.05) is 52.1 Å². The maximum Gasteiger partial charge on any atom is 0.394 e. The van der Waals surface area contributed by atoms with Gasteiger partial charge in [0.15, 0.2) is 5.60 Å². The fraction of sp³-hybridized carbons (Fsp3) is 0.162. The zero-order valence-corrected chi connectivity index (χ0v) is 27.7. The summed E-state index contributed by atoms with van der Waals surface area (Å²) in [5.74, 6) is 0.0841. The van der Waals surface area contributed by atoms with E-state index in [0.717, 1.165) is 28.3 Å². The van der Waals surface area contributed by atoms with E-state index in [1.807, 2.05) is 79.7 Å². The summed E-state index contributed by atoms with van der Waals surface area (Å²) in [7, 11) is -3.07. The monoisotopic (exact) mass is 668 g/mol. The Morgan fingerprint density at radius 1 is 0.812 bits per heavy atom. The Kier molecular flexibility index (Phi) is 9.76. The van der Waals surface area contributed by atoms with Gasteiger partial charge >= 0.3 is 16.4 Å². The van der Waals surface area contributed by atoms with E-state index in [0.29, 0.717) is 34.5 Å². The molecule has 1 heterocycles. The first-order valence-corrected chi connectivity index (χ1v) is 16.5. The molecule has 1 atom stereocenters. The van der Waals surface area contributed by atoms with Crippen LogP contribution in [0, 0.1) is 13.8 Å². The van der Waals surface area contributed by atoms with E-state index in [4.69, 9.17) is 27.0 Å². The van der Waals surface area contributed by atoms with Gasteiger partial charge in [-0.15, -0.1) is 0 Å². The molecular weight excluding hydrogens is 632 g/mol. The highest BCUT2D eigenvalue weighted by atomic mass is 32.3. The SMILES string of the molecule is CCN(c1ccc(C)cc1)c1ccc(C2(c3cc(Nc4ccccc4)c(C)cc3OC)OC(=O)c3ccccc32)c(O)c1.O=S(=O)(O)O. The number of aromatic hydroxyl groups is 1. The molecule has 248 valence electrons. The number of cyclic esters (lactones) is 1. The number of ether oxygens (including phenoxy) is 2. The van der Waals surface area contributed by atoms with Gasteiger partial charge in [0.2, 0.25) is 0 Å². The average molecular weight is 669 g/mol. The second kappa shape index (κ2) is 13.8. The van der Waals surface area contributed by atoms with Crippen LogP contribution >= 0.6 is 0 Å². The molecule has 11 heteroatoms. The molecular formula is C37H36N2O8S. The number of carbonyl (C=O) groups is 1. The van der Waals surface area contributed by atoms with Crippen molar-refractivity contribution in [1.82, 2.24) is 0 Å². The lowest BCUT2D eigenvalue weighted by Crippen LogP contribution is -2.30. The minimum absolute atomic E-state index is 0.00719. The van der Waals surface area contributed by atoms with Crippen molar-refractivity contribution in [2.45, 2.75) is 26.4 Å². The Morgan fingerprint density at radius 3 is 2.06 bits per heavy atom. The average Bonchev–Trinajstić information content (AvgIpc) is 3.35. The first kappa shape index (κ1) is 34.0. The number of nitrogens with zero attached hydrogens (tertiary/aromatic N) is 1. The summed E-state index contributed by atoms with van der Waals surface area (Å²) >= 11 is 0. The van der Waals surface area contributed by atoms with Crippen molar-refractivity contribution in [2.75, 3.05) is 23.9 Å². The number of phenolic OH excluding ortho intramolecular Hbond substituents is 1. The van der Waals surface area contributed by atoms with Crippen molar-refractivity contribution >= 4 is 39.1 Å². The van der Waals surface area contributed by atoms with Crippen LogP contribution in [0.2, 0.25) is 0 Å².